The van der Waals surface area contributed by atoms with Gasteiger partial charge < -0.3 is 20.4 Å². The number of aromatic nitrogens is 1. The van der Waals surface area contributed by atoms with Crippen molar-refractivity contribution in [2.45, 2.75) is 44.6 Å². The lowest BCUT2D eigenvalue weighted by Gasteiger charge is -2.19. The molecule has 2 heterocycles. The van der Waals surface area contributed by atoms with Crippen molar-refractivity contribution in [1.29, 1.82) is 0 Å². The van der Waals surface area contributed by atoms with E-state index in [0.29, 0.717) is 18.1 Å². The molecular formula is C15H21N3O3. The highest BCUT2D eigenvalue weighted by Gasteiger charge is 2.21. The summed E-state index contributed by atoms with van der Waals surface area (Å²) >= 11 is 0. The van der Waals surface area contributed by atoms with Gasteiger partial charge in [0.1, 0.15) is 6.61 Å². The Kier molecular flexibility index (Phi) is 4.24. The maximum Gasteiger partial charge on any atom is 0.224 e. The third-order valence-corrected chi connectivity index (χ3v) is 4.08. The molecule has 3 rings (SSSR count). The fraction of sp³-hybridized carbons (Fsp3) is 0.600. The van der Waals surface area contributed by atoms with Crippen LogP contribution in [-0.2, 0) is 17.6 Å². The van der Waals surface area contributed by atoms with Crippen LogP contribution in [0.3, 0.4) is 0 Å². The quantitative estimate of drug-likeness (QED) is 0.381. The summed E-state index contributed by atoms with van der Waals surface area (Å²) < 4.78 is 11.4. The number of amidine groups is 1. The third kappa shape index (κ3) is 3.10. The molecule has 1 fully saturated rings. The summed E-state index contributed by atoms with van der Waals surface area (Å²) in [4.78, 5) is 4.59. The number of aryl methyl sites for hydroxylation is 2. The lowest BCUT2D eigenvalue weighted by atomic mass is 9.95. The Bertz CT molecular complexity index is 539. The smallest absolute Gasteiger partial charge is 0.224 e. The number of oxime groups is 1. The second-order valence-electron chi connectivity index (χ2n) is 5.59. The lowest BCUT2D eigenvalue weighted by molar-refractivity contribution is 0.0661. The van der Waals surface area contributed by atoms with Crippen LogP contribution in [0.4, 0.5) is 0 Å². The van der Waals surface area contributed by atoms with Gasteiger partial charge in [-0.15, -0.1) is 0 Å². The van der Waals surface area contributed by atoms with Crippen LogP contribution in [0.25, 0.3) is 0 Å². The molecule has 114 valence electrons. The molecule has 0 saturated carbocycles. The minimum atomic E-state index is 0.0400. The zero-order valence-corrected chi connectivity index (χ0v) is 12.0. The van der Waals surface area contributed by atoms with Gasteiger partial charge in [-0.05, 0) is 50.2 Å². The predicted octanol–water partition coefficient (Wildman–Crippen LogP) is 1.61. The minimum absolute atomic E-state index is 0.0400. The zero-order valence-electron chi connectivity index (χ0n) is 12.0. The number of hydrogen-bond donors (Lipinski definition) is 2. The zero-order chi connectivity index (χ0) is 14.7. The van der Waals surface area contributed by atoms with E-state index >= 15 is 0 Å². The average molecular weight is 291 g/mol. The number of nitrogens with two attached hydrogens (primary N) is 1. The summed E-state index contributed by atoms with van der Waals surface area (Å²) in [6.07, 6.45) is 6.43. The van der Waals surface area contributed by atoms with Gasteiger partial charge in [0.2, 0.25) is 5.88 Å². The standard InChI is InChI=1S/C15H21N3O3/c16-14(18-19)12-8-10-4-1-2-6-13(10)17-15(12)21-9-11-5-3-7-20-11/h8,11,19H,1-7,9H2,(H2,16,18). The molecule has 1 aliphatic carbocycles. The highest BCUT2D eigenvalue weighted by atomic mass is 16.5. The van der Waals surface area contributed by atoms with Crippen LogP contribution in [-0.4, -0.2) is 35.3 Å². The summed E-state index contributed by atoms with van der Waals surface area (Å²) in [6, 6.07) is 1.95. The lowest BCUT2D eigenvalue weighted by Crippen LogP contribution is -2.22. The fourth-order valence-corrected chi connectivity index (χ4v) is 2.91. The van der Waals surface area contributed by atoms with Gasteiger partial charge in [-0.2, -0.15) is 0 Å². The Hall–Kier alpha value is -1.82. The van der Waals surface area contributed by atoms with Crippen molar-refractivity contribution in [3.8, 4) is 5.88 Å². The molecule has 1 unspecified atom stereocenters. The Morgan fingerprint density at radius 3 is 3.05 bits per heavy atom. The molecule has 21 heavy (non-hydrogen) atoms. The molecule has 1 aromatic heterocycles. The van der Waals surface area contributed by atoms with Crippen LogP contribution in [0.1, 0.15) is 42.5 Å². The van der Waals surface area contributed by atoms with Crippen molar-refractivity contribution in [3.63, 3.8) is 0 Å². The summed E-state index contributed by atoms with van der Waals surface area (Å²) in [6.45, 7) is 1.25. The van der Waals surface area contributed by atoms with E-state index in [1.807, 2.05) is 6.07 Å². The summed E-state index contributed by atoms with van der Waals surface area (Å²) in [5.74, 6) is 0.486. The van der Waals surface area contributed by atoms with Crippen molar-refractivity contribution in [1.82, 2.24) is 4.98 Å². The normalized spacial score (nSPS) is 22.1. The molecule has 0 aromatic carbocycles. The van der Waals surface area contributed by atoms with Gasteiger partial charge >= 0.3 is 0 Å². The molecule has 0 bridgehead atoms. The van der Waals surface area contributed by atoms with Crippen molar-refractivity contribution >= 4 is 5.84 Å². The van der Waals surface area contributed by atoms with Crippen LogP contribution in [0.5, 0.6) is 5.88 Å². The molecule has 1 aromatic rings. The number of fused-ring (bicyclic) bond motifs is 1. The molecule has 1 saturated heterocycles. The fourth-order valence-electron chi connectivity index (χ4n) is 2.91. The largest absolute Gasteiger partial charge is 0.474 e. The van der Waals surface area contributed by atoms with Crippen LogP contribution in [0.15, 0.2) is 11.2 Å². The Morgan fingerprint density at radius 1 is 1.43 bits per heavy atom. The Morgan fingerprint density at radius 2 is 2.29 bits per heavy atom. The van der Waals surface area contributed by atoms with E-state index in [2.05, 4.69) is 10.1 Å². The summed E-state index contributed by atoms with van der Waals surface area (Å²) in [5.41, 5.74) is 8.57. The summed E-state index contributed by atoms with van der Waals surface area (Å²) in [5, 5.41) is 12.0. The maximum absolute atomic E-state index is 8.95. The number of hydrogen-bond acceptors (Lipinski definition) is 5. The number of ether oxygens (including phenoxy) is 2. The Labute approximate surface area is 123 Å². The van der Waals surface area contributed by atoms with Crippen LogP contribution in [0, 0.1) is 0 Å². The van der Waals surface area contributed by atoms with Gasteiger partial charge in [0.05, 0.1) is 11.7 Å². The molecular weight excluding hydrogens is 270 g/mol. The minimum Gasteiger partial charge on any atom is -0.474 e. The molecule has 0 radical (unpaired) electrons. The van der Waals surface area contributed by atoms with E-state index in [1.54, 1.807) is 0 Å². The van der Waals surface area contributed by atoms with E-state index < -0.39 is 0 Å². The monoisotopic (exact) mass is 291 g/mol. The molecule has 2 aliphatic rings. The molecule has 3 N–H and O–H groups in total. The predicted molar refractivity (Wildman–Crippen MR) is 77.9 cm³/mol. The number of rotatable bonds is 4. The van der Waals surface area contributed by atoms with Crippen LogP contribution >= 0.6 is 0 Å². The van der Waals surface area contributed by atoms with Gasteiger partial charge in [0, 0.05) is 12.3 Å². The molecule has 6 nitrogen and oxygen atoms in total. The van der Waals surface area contributed by atoms with Crippen molar-refractivity contribution in [2.75, 3.05) is 13.2 Å². The van der Waals surface area contributed by atoms with E-state index in [0.717, 1.165) is 50.8 Å². The van der Waals surface area contributed by atoms with Gasteiger partial charge in [0.15, 0.2) is 5.84 Å². The van der Waals surface area contributed by atoms with E-state index in [9.17, 15) is 0 Å². The number of nitrogens with zero attached hydrogens (tertiary/aromatic N) is 2. The van der Waals surface area contributed by atoms with Gasteiger partial charge in [-0.25, -0.2) is 4.98 Å². The maximum atomic E-state index is 8.95. The van der Waals surface area contributed by atoms with E-state index in [4.69, 9.17) is 20.4 Å². The molecule has 0 spiro atoms. The highest BCUT2D eigenvalue weighted by molar-refractivity contribution is 5.99. The molecule has 1 atom stereocenters. The van der Waals surface area contributed by atoms with Crippen molar-refractivity contribution in [3.05, 3.63) is 22.9 Å². The van der Waals surface area contributed by atoms with Crippen molar-refractivity contribution < 1.29 is 14.7 Å². The van der Waals surface area contributed by atoms with Crippen LogP contribution < -0.4 is 10.5 Å². The first-order chi connectivity index (χ1) is 10.3. The SMILES string of the molecule is NC(=NO)c1cc2c(nc1OCC1CCCO1)CCCC2. The second-order valence-corrected chi connectivity index (χ2v) is 5.59. The highest BCUT2D eigenvalue weighted by Crippen LogP contribution is 2.26. The van der Waals surface area contributed by atoms with Gasteiger partial charge in [-0.3, -0.25) is 0 Å². The summed E-state index contributed by atoms with van der Waals surface area (Å²) in [7, 11) is 0. The average Bonchev–Trinajstić information content (AvgIpc) is 3.04. The number of pyridine rings is 1. The first-order valence-electron chi connectivity index (χ1n) is 7.53. The second kappa shape index (κ2) is 6.30. The topological polar surface area (TPSA) is 90.0 Å². The first-order valence-corrected chi connectivity index (χ1v) is 7.53. The van der Waals surface area contributed by atoms with E-state index in [-0.39, 0.29) is 11.9 Å². The van der Waals surface area contributed by atoms with E-state index in [1.165, 1.54) is 5.56 Å². The molecule has 1 aliphatic heterocycles. The van der Waals surface area contributed by atoms with Gasteiger partial charge in [-0.1, -0.05) is 5.16 Å². The Balaban J connectivity index is 1.84. The first kappa shape index (κ1) is 14.1. The molecule has 0 amide bonds. The third-order valence-electron chi connectivity index (χ3n) is 4.08. The van der Waals surface area contributed by atoms with Gasteiger partial charge in [0.25, 0.3) is 0 Å². The van der Waals surface area contributed by atoms with Crippen LogP contribution in [0.2, 0.25) is 0 Å². The van der Waals surface area contributed by atoms with Crippen molar-refractivity contribution in [2.24, 2.45) is 10.9 Å². The molecule has 6 heteroatoms.